The first kappa shape index (κ1) is 17.2. The summed E-state index contributed by atoms with van der Waals surface area (Å²) < 4.78 is 0. The van der Waals surface area contributed by atoms with E-state index in [0.717, 1.165) is 25.9 Å². The van der Waals surface area contributed by atoms with E-state index in [1.54, 1.807) is 19.1 Å². The van der Waals surface area contributed by atoms with Crippen LogP contribution in [0.15, 0.2) is 48.5 Å². The number of rotatable bonds is 5. The van der Waals surface area contributed by atoms with Gasteiger partial charge in [-0.2, -0.15) is 0 Å². The quantitative estimate of drug-likeness (QED) is 0.878. The summed E-state index contributed by atoms with van der Waals surface area (Å²) in [5, 5.41) is 12.0. The number of carboxylic acids is 1. The van der Waals surface area contributed by atoms with Crippen molar-refractivity contribution in [1.29, 1.82) is 0 Å². The lowest BCUT2D eigenvalue weighted by atomic mass is 10.1. The van der Waals surface area contributed by atoms with E-state index >= 15 is 0 Å². The van der Waals surface area contributed by atoms with Crippen molar-refractivity contribution in [2.45, 2.75) is 32.4 Å². The first-order chi connectivity index (χ1) is 12.0. The molecule has 0 spiro atoms. The Hall–Kier alpha value is -2.66. The third kappa shape index (κ3) is 4.06. The van der Waals surface area contributed by atoms with Crippen LogP contribution >= 0.6 is 0 Å². The number of carboxylic acid groups (broad SMARTS) is 1. The van der Waals surface area contributed by atoms with Gasteiger partial charge in [-0.1, -0.05) is 30.3 Å². The number of aromatic carboxylic acids is 1. The lowest BCUT2D eigenvalue weighted by Crippen LogP contribution is -2.39. The van der Waals surface area contributed by atoms with Crippen molar-refractivity contribution < 1.29 is 14.7 Å². The van der Waals surface area contributed by atoms with Crippen LogP contribution in [-0.4, -0.2) is 34.5 Å². The fourth-order valence-electron chi connectivity index (χ4n) is 3.34. The van der Waals surface area contributed by atoms with Crippen molar-refractivity contribution in [3.63, 3.8) is 0 Å². The Morgan fingerprint density at radius 2 is 1.96 bits per heavy atom. The van der Waals surface area contributed by atoms with Gasteiger partial charge >= 0.3 is 5.97 Å². The third-order valence-electron chi connectivity index (χ3n) is 4.62. The maximum absolute atomic E-state index is 12.7. The zero-order valence-corrected chi connectivity index (χ0v) is 14.2. The number of anilines is 1. The Morgan fingerprint density at radius 3 is 2.64 bits per heavy atom. The maximum atomic E-state index is 12.7. The number of amides is 1. The van der Waals surface area contributed by atoms with Gasteiger partial charge in [0.05, 0.1) is 11.6 Å². The van der Waals surface area contributed by atoms with Crippen molar-refractivity contribution in [1.82, 2.24) is 4.90 Å². The van der Waals surface area contributed by atoms with Gasteiger partial charge in [-0.3, -0.25) is 9.69 Å². The first-order valence-electron chi connectivity index (χ1n) is 8.47. The summed E-state index contributed by atoms with van der Waals surface area (Å²) in [7, 11) is 0. The molecule has 0 aromatic heterocycles. The molecule has 1 heterocycles. The number of carbonyl (C=O) groups excluding carboxylic acids is 1. The van der Waals surface area contributed by atoms with E-state index in [2.05, 4.69) is 22.3 Å². The Bertz CT molecular complexity index is 774. The van der Waals surface area contributed by atoms with Crippen LogP contribution in [0.25, 0.3) is 0 Å². The van der Waals surface area contributed by atoms with Crippen LogP contribution in [0, 0.1) is 6.92 Å². The minimum absolute atomic E-state index is 0.0316. The smallest absolute Gasteiger partial charge is 0.335 e. The molecule has 2 N–H and O–H groups in total. The van der Waals surface area contributed by atoms with E-state index in [4.69, 9.17) is 5.11 Å². The monoisotopic (exact) mass is 338 g/mol. The third-order valence-corrected chi connectivity index (χ3v) is 4.62. The van der Waals surface area contributed by atoms with E-state index in [9.17, 15) is 9.59 Å². The van der Waals surface area contributed by atoms with E-state index in [0.29, 0.717) is 11.3 Å². The molecule has 0 aliphatic carbocycles. The van der Waals surface area contributed by atoms with E-state index in [1.165, 1.54) is 11.6 Å². The lowest BCUT2D eigenvalue weighted by molar-refractivity contribution is -0.120. The second-order valence-electron chi connectivity index (χ2n) is 6.44. The Morgan fingerprint density at radius 1 is 1.20 bits per heavy atom. The summed E-state index contributed by atoms with van der Waals surface area (Å²) in [6, 6.07) is 14.9. The molecule has 5 nitrogen and oxygen atoms in total. The largest absolute Gasteiger partial charge is 0.478 e. The zero-order valence-electron chi connectivity index (χ0n) is 14.2. The SMILES string of the molecule is Cc1cc(NC(=O)C2CCCN2Cc2ccccc2)ccc1C(=O)O. The predicted octanol–water partition coefficient (Wildman–Crippen LogP) is 3.30. The van der Waals surface area contributed by atoms with Crippen LogP contribution in [0.5, 0.6) is 0 Å². The molecule has 1 atom stereocenters. The second-order valence-corrected chi connectivity index (χ2v) is 6.44. The summed E-state index contributed by atoms with van der Waals surface area (Å²) in [6.07, 6.45) is 1.84. The number of nitrogens with zero attached hydrogens (tertiary/aromatic N) is 1. The molecule has 2 aromatic rings. The van der Waals surface area contributed by atoms with Crippen molar-refractivity contribution in [2.24, 2.45) is 0 Å². The number of aryl methyl sites for hydroxylation is 1. The number of hydrogen-bond acceptors (Lipinski definition) is 3. The van der Waals surface area contributed by atoms with Gasteiger partial charge in [-0.15, -0.1) is 0 Å². The van der Waals surface area contributed by atoms with Crippen molar-refractivity contribution in [3.8, 4) is 0 Å². The Kier molecular flexibility index (Phi) is 5.14. The van der Waals surface area contributed by atoms with Crippen LogP contribution in [0.2, 0.25) is 0 Å². The lowest BCUT2D eigenvalue weighted by Gasteiger charge is -2.24. The highest BCUT2D eigenvalue weighted by Crippen LogP contribution is 2.22. The molecular formula is C20H22N2O3. The van der Waals surface area contributed by atoms with Crippen LogP contribution in [0.1, 0.15) is 34.3 Å². The normalized spacial score (nSPS) is 17.4. The van der Waals surface area contributed by atoms with Gasteiger partial charge in [-0.05, 0) is 55.6 Å². The van der Waals surface area contributed by atoms with Gasteiger partial charge in [0.2, 0.25) is 5.91 Å². The molecule has 5 heteroatoms. The number of nitrogens with one attached hydrogen (secondary N) is 1. The van der Waals surface area contributed by atoms with Gasteiger partial charge < -0.3 is 10.4 Å². The second kappa shape index (κ2) is 7.49. The molecule has 1 fully saturated rings. The minimum atomic E-state index is -0.958. The number of likely N-dealkylation sites (tertiary alicyclic amines) is 1. The molecule has 1 aliphatic heterocycles. The van der Waals surface area contributed by atoms with E-state index in [-0.39, 0.29) is 17.5 Å². The average molecular weight is 338 g/mol. The molecule has 1 unspecified atom stereocenters. The minimum Gasteiger partial charge on any atom is -0.478 e. The maximum Gasteiger partial charge on any atom is 0.335 e. The van der Waals surface area contributed by atoms with Crippen LogP contribution in [0.3, 0.4) is 0 Å². The molecule has 25 heavy (non-hydrogen) atoms. The van der Waals surface area contributed by atoms with Gasteiger partial charge in [0.25, 0.3) is 0 Å². The Balaban J connectivity index is 1.67. The summed E-state index contributed by atoms with van der Waals surface area (Å²) in [6.45, 7) is 3.40. The van der Waals surface area contributed by atoms with Gasteiger partial charge in [0.15, 0.2) is 0 Å². The molecule has 1 saturated heterocycles. The van der Waals surface area contributed by atoms with Crippen LogP contribution in [-0.2, 0) is 11.3 Å². The van der Waals surface area contributed by atoms with E-state index < -0.39 is 5.97 Å². The van der Waals surface area contributed by atoms with Gasteiger partial charge in [0.1, 0.15) is 0 Å². The number of carbonyl (C=O) groups is 2. The van der Waals surface area contributed by atoms with Gasteiger partial charge in [0, 0.05) is 12.2 Å². The molecule has 0 bridgehead atoms. The summed E-state index contributed by atoms with van der Waals surface area (Å²) in [5.41, 5.74) is 2.73. The first-order valence-corrected chi connectivity index (χ1v) is 8.47. The highest BCUT2D eigenvalue weighted by molar-refractivity contribution is 5.96. The molecule has 0 saturated carbocycles. The van der Waals surface area contributed by atoms with Gasteiger partial charge in [-0.25, -0.2) is 4.79 Å². The summed E-state index contributed by atoms with van der Waals surface area (Å²) >= 11 is 0. The van der Waals surface area contributed by atoms with E-state index in [1.807, 2.05) is 18.2 Å². The standard InChI is InChI=1S/C20H22N2O3/c1-14-12-16(9-10-17(14)20(24)25)21-19(23)18-8-5-11-22(18)13-15-6-3-2-4-7-15/h2-4,6-7,9-10,12,18H,5,8,11,13H2,1H3,(H,21,23)(H,24,25). The molecule has 2 aromatic carbocycles. The van der Waals surface area contributed by atoms with Crippen molar-refractivity contribution >= 4 is 17.6 Å². The molecule has 1 amide bonds. The average Bonchev–Trinajstić information content (AvgIpc) is 3.03. The summed E-state index contributed by atoms with van der Waals surface area (Å²) in [4.78, 5) is 26.0. The molecule has 0 radical (unpaired) electrons. The van der Waals surface area contributed by atoms with Crippen molar-refractivity contribution in [2.75, 3.05) is 11.9 Å². The van der Waals surface area contributed by atoms with Crippen LogP contribution < -0.4 is 5.32 Å². The Labute approximate surface area is 147 Å². The number of hydrogen-bond donors (Lipinski definition) is 2. The highest BCUT2D eigenvalue weighted by Gasteiger charge is 2.30. The van der Waals surface area contributed by atoms with Crippen molar-refractivity contribution in [3.05, 3.63) is 65.2 Å². The zero-order chi connectivity index (χ0) is 17.8. The molecule has 130 valence electrons. The fourth-order valence-corrected chi connectivity index (χ4v) is 3.34. The highest BCUT2D eigenvalue weighted by atomic mass is 16.4. The summed E-state index contributed by atoms with van der Waals surface area (Å²) in [5.74, 6) is -0.990. The van der Waals surface area contributed by atoms with Crippen LogP contribution in [0.4, 0.5) is 5.69 Å². The fraction of sp³-hybridized carbons (Fsp3) is 0.300. The number of benzene rings is 2. The molecular weight excluding hydrogens is 316 g/mol. The molecule has 1 aliphatic rings. The topological polar surface area (TPSA) is 69.6 Å². The molecule has 3 rings (SSSR count). The predicted molar refractivity (Wildman–Crippen MR) is 96.6 cm³/mol.